The van der Waals surface area contributed by atoms with E-state index in [-0.39, 0.29) is 0 Å². The number of piperazine rings is 1. The predicted molar refractivity (Wildman–Crippen MR) is 127 cm³/mol. The summed E-state index contributed by atoms with van der Waals surface area (Å²) in [5.74, 6) is 0.947. The van der Waals surface area contributed by atoms with Gasteiger partial charge in [0.1, 0.15) is 12.4 Å². The number of rotatable bonds is 9. The van der Waals surface area contributed by atoms with Gasteiger partial charge < -0.3 is 15.0 Å². The molecule has 3 aromatic carbocycles. The third kappa shape index (κ3) is 6.66. The normalized spacial score (nSPS) is 15.1. The van der Waals surface area contributed by atoms with Gasteiger partial charge in [-0.1, -0.05) is 72.8 Å². The Morgan fingerprint density at radius 1 is 0.742 bits per heavy atom. The van der Waals surface area contributed by atoms with E-state index in [2.05, 4.69) is 76.8 Å². The molecule has 0 bridgehead atoms. The molecule has 0 atom stereocenters. The molecule has 1 saturated heterocycles. The van der Waals surface area contributed by atoms with Crippen molar-refractivity contribution in [2.75, 3.05) is 33.2 Å². The first kappa shape index (κ1) is 21.6. The monoisotopic (exact) mass is 415 g/mol. The number of para-hydroxylation sites is 1. The molecule has 1 heterocycles. The summed E-state index contributed by atoms with van der Waals surface area (Å²) in [7, 11) is 2.20. The van der Waals surface area contributed by atoms with Gasteiger partial charge in [-0.2, -0.15) is 0 Å². The van der Waals surface area contributed by atoms with E-state index in [1.807, 2.05) is 24.3 Å². The first-order valence-electron chi connectivity index (χ1n) is 11.2. The summed E-state index contributed by atoms with van der Waals surface area (Å²) in [5, 5.41) is 3.59. The first-order valence-corrected chi connectivity index (χ1v) is 11.2. The molecule has 31 heavy (non-hydrogen) atoms. The van der Waals surface area contributed by atoms with Crippen LogP contribution in [0.5, 0.6) is 5.75 Å². The first-order chi connectivity index (χ1) is 15.3. The number of ether oxygens (including phenoxy) is 1. The quantitative estimate of drug-likeness (QED) is 0.564. The minimum absolute atomic E-state index is 0.589. The van der Waals surface area contributed by atoms with E-state index in [1.165, 1.54) is 22.3 Å². The molecule has 3 aromatic rings. The summed E-state index contributed by atoms with van der Waals surface area (Å²) in [5.41, 5.74) is 5.10. The lowest BCUT2D eigenvalue weighted by molar-refractivity contribution is 0.148. The number of nitrogens with one attached hydrogen (secondary N) is 1. The molecule has 1 fully saturated rings. The number of likely N-dealkylation sites (N-methyl/N-ethyl adjacent to an activating group) is 1. The van der Waals surface area contributed by atoms with E-state index >= 15 is 0 Å². The van der Waals surface area contributed by atoms with Crippen LogP contribution >= 0.6 is 0 Å². The Bertz CT molecular complexity index is 936. The molecule has 1 aliphatic heterocycles. The van der Waals surface area contributed by atoms with Crippen molar-refractivity contribution in [2.24, 2.45) is 0 Å². The average molecular weight is 416 g/mol. The maximum Gasteiger partial charge on any atom is 0.124 e. The lowest BCUT2D eigenvalue weighted by Gasteiger charge is -2.32. The molecule has 1 aliphatic rings. The predicted octanol–water partition coefficient (Wildman–Crippen LogP) is 4.30. The molecule has 1 N–H and O–H groups in total. The molecule has 0 aromatic heterocycles. The number of hydrogen-bond acceptors (Lipinski definition) is 4. The van der Waals surface area contributed by atoms with Crippen LogP contribution in [0.15, 0.2) is 78.9 Å². The maximum absolute atomic E-state index is 6.09. The Kier molecular flexibility index (Phi) is 7.72. The molecule has 0 unspecified atom stereocenters. The lowest BCUT2D eigenvalue weighted by atomic mass is 10.1. The molecule has 0 amide bonds. The molecule has 4 heteroatoms. The number of nitrogens with zero attached hydrogens (tertiary/aromatic N) is 2. The van der Waals surface area contributed by atoms with Crippen molar-refractivity contribution in [3.63, 3.8) is 0 Å². The highest BCUT2D eigenvalue weighted by atomic mass is 16.5. The highest BCUT2D eigenvalue weighted by Gasteiger charge is 2.13. The second kappa shape index (κ2) is 11.1. The fourth-order valence-electron chi connectivity index (χ4n) is 3.97. The summed E-state index contributed by atoms with van der Waals surface area (Å²) in [6.45, 7) is 7.89. The van der Waals surface area contributed by atoms with E-state index in [1.54, 1.807) is 0 Å². The molecule has 4 rings (SSSR count). The van der Waals surface area contributed by atoms with Gasteiger partial charge >= 0.3 is 0 Å². The second-order valence-corrected chi connectivity index (χ2v) is 8.38. The second-order valence-electron chi connectivity index (χ2n) is 8.38. The van der Waals surface area contributed by atoms with E-state index in [9.17, 15) is 0 Å². The van der Waals surface area contributed by atoms with E-state index < -0.39 is 0 Å². The van der Waals surface area contributed by atoms with Crippen LogP contribution < -0.4 is 10.1 Å². The smallest absolute Gasteiger partial charge is 0.124 e. The van der Waals surface area contributed by atoms with Crippen LogP contribution in [0, 0.1) is 0 Å². The van der Waals surface area contributed by atoms with Crippen LogP contribution in [-0.4, -0.2) is 43.0 Å². The van der Waals surface area contributed by atoms with Crippen molar-refractivity contribution in [2.45, 2.75) is 26.2 Å². The third-order valence-corrected chi connectivity index (χ3v) is 5.85. The van der Waals surface area contributed by atoms with Crippen molar-refractivity contribution >= 4 is 0 Å². The maximum atomic E-state index is 6.09. The average Bonchev–Trinajstić information content (AvgIpc) is 2.81. The van der Waals surface area contributed by atoms with Crippen molar-refractivity contribution < 1.29 is 4.74 Å². The van der Waals surface area contributed by atoms with Gasteiger partial charge in [0.15, 0.2) is 0 Å². The van der Waals surface area contributed by atoms with Crippen molar-refractivity contribution in [1.29, 1.82) is 0 Å². The standard InChI is InChI=1S/C27H33N3O/c1-29-14-16-30(17-15-29)21-25-11-7-10-24(18-25)19-28-20-26-12-5-6-13-27(26)31-22-23-8-3-2-4-9-23/h2-13,18,28H,14-17,19-22H2,1H3. The van der Waals surface area contributed by atoms with Crippen molar-refractivity contribution in [1.82, 2.24) is 15.1 Å². The SMILES string of the molecule is CN1CCN(Cc2cccc(CNCc3ccccc3OCc3ccccc3)c2)CC1. The Labute approximate surface area is 186 Å². The van der Waals surface area contributed by atoms with Gasteiger partial charge in [-0.25, -0.2) is 0 Å². The highest BCUT2D eigenvalue weighted by molar-refractivity contribution is 5.33. The Morgan fingerprint density at radius 3 is 2.29 bits per heavy atom. The number of benzene rings is 3. The topological polar surface area (TPSA) is 27.7 Å². The van der Waals surface area contributed by atoms with Crippen LogP contribution in [0.25, 0.3) is 0 Å². The number of hydrogen-bond donors (Lipinski definition) is 1. The van der Waals surface area contributed by atoms with Crippen LogP contribution in [0.2, 0.25) is 0 Å². The lowest BCUT2D eigenvalue weighted by Crippen LogP contribution is -2.43. The van der Waals surface area contributed by atoms with Crippen LogP contribution in [0.4, 0.5) is 0 Å². The summed E-state index contributed by atoms with van der Waals surface area (Å²) in [4.78, 5) is 4.95. The highest BCUT2D eigenvalue weighted by Crippen LogP contribution is 2.19. The van der Waals surface area contributed by atoms with E-state index in [0.29, 0.717) is 6.61 Å². The van der Waals surface area contributed by atoms with Gasteiger partial charge in [-0.05, 0) is 29.8 Å². The zero-order valence-corrected chi connectivity index (χ0v) is 18.5. The molecule has 0 saturated carbocycles. The Morgan fingerprint density at radius 2 is 1.45 bits per heavy atom. The fraction of sp³-hybridized carbons (Fsp3) is 0.333. The van der Waals surface area contributed by atoms with Crippen LogP contribution in [-0.2, 0) is 26.2 Å². The Balaban J connectivity index is 1.28. The van der Waals surface area contributed by atoms with Crippen LogP contribution in [0.1, 0.15) is 22.3 Å². The van der Waals surface area contributed by atoms with Gasteiger partial charge in [0, 0.05) is 51.4 Å². The van der Waals surface area contributed by atoms with Gasteiger partial charge in [-0.15, -0.1) is 0 Å². The summed E-state index contributed by atoms with van der Waals surface area (Å²) in [6.07, 6.45) is 0. The van der Waals surface area contributed by atoms with E-state index in [4.69, 9.17) is 4.74 Å². The molecule has 0 aliphatic carbocycles. The third-order valence-electron chi connectivity index (χ3n) is 5.85. The molecule has 4 nitrogen and oxygen atoms in total. The minimum Gasteiger partial charge on any atom is -0.489 e. The van der Waals surface area contributed by atoms with Gasteiger partial charge in [0.25, 0.3) is 0 Å². The Hall–Kier alpha value is -2.66. The summed E-state index contributed by atoms with van der Waals surface area (Å²) >= 11 is 0. The minimum atomic E-state index is 0.589. The van der Waals surface area contributed by atoms with Crippen molar-refractivity contribution in [3.8, 4) is 5.75 Å². The molecule has 0 spiro atoms. The summed E-state index contributed by atoms with van der Waals surface area (Å²) < 4.78 is 6.09. The van der Waals surface area contributed by atoms with Gasteiger partial charge in [0.2, 0.25) is 0 Å². The molecular formula is C27H33N3O. The zero-order valence-electron chi connectivity index (χ0n) is 18.5. The van der Waals surface area contributed by atoms with Crippen molar-refractivity contribution in [3.05, 3.63) is 101 Å². The molecular weight excluding hydrogens is 382 g/mol. The van der Waals surface area contributed by atoms with Crippen LogP contribution in [0.3, 0.4) is 0 Å². The van der Waals surface area contributed by atoms with E-state index in [0.717, 1.165) is 51.6 Å². The summed E-state index contributed by atoms with van der Waals surface area (Å²) in [6, 6.07) is 27.6. The van der Waals surface area contributed by atoms with Gasteiger partial charge in [-0.3, -0.25) is 4.90 Å². The van der Waals surface area contributed by atoms with Gasteiger partial charge in [0.05, 0.1) is 0 Å². The fourth-order valence-corrected chi connectivity index (χ4v) is 3.97. The molecule has 162 valence electrons. The molecule has 0 radical (unpaired) electrons. The zero-order chi connectivity index (χ0) is 21.3. The largest absolute Gasteiger partial charge is 0.489 e.